The molecular weight excluding hydrogens is 284 g/mol. The highest BCUT2D eigenvalue weighted by Crippen LogP contribution is 2.33. The van der Waals surface area contributed by atoms with Gasteiger partial charge in [0.1, 0.15) is 0 Å². The maximum atomic E-state index is 13.6. The first-order valence-corrected chi connectivity index (χ1v) is 6.09. The van der Waals surface area contributed by atoms with Crippen LogP contribution in [0, 0.1) is 11.6 Å². The standard InChI is InChI=1S/C11H6ClF2NO2S/c12-9(16)3-17-11-6(8-4-18-5-15-8)1-2-7(13)10(11)14/h1-2,4-5H,3H2. The smallest absolute Gasteiger partial charge is 0.259 e. The normalized spacial score (nSPS) is 10.4. The highest BCUT2D eigenvalue weighted by molar-refractivity contribution is 7.07. The van der Waals surface area contributed by atoms with Gasteiger partial charge in [0.05, 0.1) is 11.2 Å². The third kappa shape index (κ3) is 2.65. The van der Waals surface area contributed by atoms with Gasteiger partial charge in [-0.15, -0.1) is 11.3 Å². The molecule has 7 heteroatoms. The van der Waals surface area contributed by atoms with Crippen LogP contribution in [0.5, 0.6) is 5.75 Å². The van der Waals surface area contributed by atoms with Gasteiger partial charge >= 0.3 is 0 Å². The lowest BCUT2D eigenvalue weighted by molar-refractivity contribution is -0.113. The van der Waals surface area contributed by atoms with Crippen LogP contribution in [0.15, 0.2) is 23.0 Å². The Morgan fingerprint density at radius 3 is 2.83 bits per heavy atom. The zero-order chi connectivity index (χ0) is 13.1. The first kappa shape index (κ1) is 12.9. The number of carbonyl (C=O) groups is 1. The lowest BCUT2D eigenvalue weighted by Gasteiger charge is -2.10. The van der Waals surface area contributed by atoms with Gasteiger partial charge in [-0.1, -0.05) is 0 Å². The molecule has 2 rings (SSSR count). The van der Waals surface area contributed by atoms with Gasteiger partial charge < -0.3 is 4.74 Å². The van der Waals surface area contributed by atoms with Crippen molar-refractivity contribution in [3.63, 3.8) is 0 Å². The molecule has 94 valence electrons. The summed E-state index contributed by atoms with van der Waals surface area (Å²) in [6.45, 7) is -0.543. The summed E-state index contributed by atoms with van der Waals surface area (Å²) in [4.78, 5) is 14.6. The highest BCUT2D eigenvalue weighted by Gasteiger charge is 2.18. The maximum Gasteiger partial charge on any atom is 0.259 e. The number of carbonyl (C=O) groups excluding carboxylic acids is 1. The average molecular weight is 290 g/mol. The van der Waals surface area contributed by atoms with Gasteiger partial charge in [-0.2, -0.15) is 4.39 Å². The summed E-state index contributed by atoms with van der Waals surface area (Å²) < 4.78 is 31.7. The molecule has 0 radical (unpaired) electrons. The number of ether oxygens (including phenoxy) is 1. The zero-order valence-electron chi connectivity index (χ0n) is 8.82. The predicted octanol–water partition coefficient (Wildman–Crippen LogP) is 3.23. The summed E-state index contributed by atoms with van der Waals surface area (Å²) in [5.74, 6) is -2.60. The van der Waals surface area contributed by atoms with Crippen LogP contribution in [-0.2, 0) is 4.79 Å². The van der Waals surface area contributed by atoms with Crippen LogP contribution in [0.2, 0.25) is 0 Å². The quantitative estimate of drug-likeness (QED) is 0.811. The molecule has 0 aliphatic rings. The Bertz CT molecular complexity index is 575. The van der Waals surface area contributed by atoms with E-state index in [9.17, 15) is 13.6 Å². The third-order valence-corrected chi connectivity index (χ3v) is 2.78. The molecule has 0 saturated heterocycles. The Labute approximate surface area is 110 Å². The van der Waals surface area contributed by atoms with E-state index in [4.69, 9.17) is 16.3 Å². The molecule has 0 spiro atoms. The topological polar surface area (TPSA) is 39.2 Å². The van der Waals surface area contributed by atoms with Crippen molar-refractivity contribution in [1.82, 2.24) is 4.98 Å². The number of hydrogen-bond donors (Lipinski definition) is 0. The van der Waals surface area contributed by atoms with Crippen molar-refractivity contribution in [2.45, 2.75) is 0 Å². The second-order valence-electron chi connectivity index (χ2n) is 3.26. The van der Waals surface area contributed by atoms with Gasteiger partial charge in [0.2, 0.25) is 5.82 Å². The van der Waals surface area contributed by atoms with Crippen LogP contribution in [0.25, 0.3) is 11.3 Å². The van der Waals surface area contributed by atoms with Crippen molar-refractivity contribution in [2.24, 2.45) is 0 Å². The van der Waals surface area contributed by atoms with Gasteiger partial charge in [0.25, 0.3) is 5.24 Å². The summed E-state index contributed by atoms with van der Waals surface area (Å²) in [6.07, 6.45) is 0. The van der Waals surface area contributed by atoms with Crippen molar-refractivity contribution < 1.29 is 18.3 Å². The van der Waals surface area contributed by atoms with Crippen molar-refractivity contribution in [3.05, 3.63) is 34.7 Å². The average Bonchev–Trinajstić information content (AvgIpc) is 2.84. The molecule has 1 aromatic heterocycles. The first-order valence-electron chi connectivity index (χ1n) is 4.77. The van der Waals surface area contributed by atoms with Gasteiger partial charge in [-0.25, -0.2) is 9.37 Å². The van der Waals surface area contributed by atoms with E-state index in [-0.39, 0.29) is 11.3 Å². The fourth-order valence-corrected chi connectivity index (χ4v) is 1.96. The molecule has 0 aliphatic carbocycles. The van der Waals surface area contributed by atoms with E-state index in [1.165, 1.54) is 17.4 Å². The Hall–Kier alpha value is -1.53. The van der Waals surface area contributed by atoms with Crippen molar-refractivity contribution in [2.75, 3.05) is 6.61 Å². The fourth-order valence-electron chi connectivity index (χ4n) is 1.35. The van der Waals surface area contributed by atoms with Gasteiger partial charge in [0, 0.05) is 10.9 Å². The fraction of sp³-hybridized carbons (Fsp3) is 0.0909. The number of rotatable bonds is 4. The monoisotopic (exact) mass is 289 g/mol. The van der Waals surface area contributed by atoms with Crippen LogP contribution < -0.4 is 4.74 Å². The molecule has 1 aromatic carbocycles. The molecule has 0 amide bonds. The van der Waals surface area contributed by atoms with E-state index < -0.39 is 23.5 Å². The van der Waals surface area contributed by atoms with Crippen LogP contribution in [0.1, 0.15) is 0 Å². The lowest BCUT2D eigenvalue weighted by Crippen LogP contribution is -2.07. The van der Waals surface area contributed by atoms with Crippen molar-refractivity contribution in [3.8, 4) is 17.0 Å². The second kappa shape index (κ2) is 5.41. The first-order chi connectivity index (χ1) is 8.59. The highest BCUT2D eigenvalue weighted by atomic mass is 35.5. The molecule has 0 bridgehead atoms. The number of aromatic nitrogens is 1. The Kier molecular flexibility index (Phi) is 3.88. The third-order valence-electron chi connectivity index (χ3n) is 2.09. The molecule has 0 fully saturated rings. The molecule has 18 heavy (non-hydrogen) atoms. The Morgan fingerprint density at radius 1 is 1.44 bits per heavy atom. The van der Waals surface area contributed by atoms with E-state index >= 15 is 0 Å². The summed E-state index contributed by atoms with van der Waals surface area (Å²) in [6, 6.07) is 2.31. The number of nitrogens with zero attached hydrogens (tertiary/aromatic N) is 1. The SMILES string of the molecule is O=C(Cl)COc1c(-c2cscn2)ccc(F)c1F. The number of thiazole rings is 1. The minimum Gasteiger partial charge on any atom is -0.481 e. The summed E-state index contributed by atoms with van der Waals surface area (Å²) >= 11 is 6.41. The molecule has 0 N–H and O–H groups in total. The zero-order valence-corrected chi connectivity index (χ0v) is 10.4. The molecule has 2 aromatic rings. The van der Waals surface area contributed by atoms with Crippen LogP contribution in [-0.4, -0.2) is 16.8 Å². The largest absolute Gasteiger partial charge is 0.481 e. The molecule has 0 unspecified atom stereocenters. The summed E-state index contributed by atoms with van der Waals surface area (Å²) in [7, 11) is 0. The van der Waals surface area contributed by atoms with E-state index in [1.807, 2.05) is 0 Å². The van der Waals surface area contributed by atoms with Crippen LogP contribution in [0.3, 0.4) is 0 Å². The minimum atomic E-state index is -1.17. The van der Waals surface area contributed by atoms with Crippen molar-refractivity contribution in [1.29, 1.82) is 0 Å². The van der Waals surface area contributed by atoms with Crippen LogP contribution >= 0.6 is 22.9 Å². The number of hydrogen-bond acceptors (Lipinski definition) is 4. The summed E-state index contributed by atoms with van der Waals surface area (Å²) in [5.41, 5.74) is 2.26. The van der Waals surface area contributed by atoms with Gasteiger partial charge in [-0.05, 0) is 23.7 Å². The summed E-state index contributed by atoms with van der Waals surface area (Å²) in [5, 5.41) is 0.852. The van der Waals surface area contributed by atoms with E-state index in [0.29, 0.717) is 5.69 Å². The minimum absolute atomic E-state index is 0.271. The number of halogens is 3. The Morgan fingerprint density at radius 2 is 2.22 bits per heavy atom. The van der Waals surface area contributed by atoms with E-state index in [1.54, 1.807) is 10.9 Å². The second-order valence-corrected chi connectivity index (χ2v) is 4.40. The molecule has 0 atom stereocenters. The maximum absolute atomic E-state index is 13.6. The van der Waals surface area contributed by atoms with E-state index in [2.05, 4.69) is 4.98 Å². The Balaban J connectivity index is 2.46. The molecule has 3 nitrogen and oxygen atoms in total. The van der Waals surface area contributed by atoms with Gasteiger partial charge in [-0.3, -0.25) is 4.79 Å². The lowest BCUT2D eigenvalue weighted by atomic mass is 10.1. The predicted molar refractivity (Wildman–Crippen MR) is 63.8 cm³/mol. The van der Waals surface area contributed by atoms with Crippen molar-refractivity contribution >= 4 is 28.2 Å². The van der Waals surface area contributed by atoms with E-state index in [0.717, 1.165) is 6.07 Å². The molecular formula is C11H6ClF2NO2S. The molecule has 1 heterocycles. The van der Waals surface area contributed by atoms with Crippen LogP contribution in [0.4, 0.5) is 8.78 Å². The number of benzene rings is 1. The molecule has 0 aliphatic heterocycles. The van der Waals surface area contributed by atoms with Gasteiger partial charge in [0.15, 0.2) is 18.2 Å². The molecule has 0 saturated carbocycles.